The van der Waals surface area contributed by atoms with Gasteiger partial charge in [0.1, 0.15) is 11.6 Å². The lowest BCUT2D eigenvalue weighted by molar-refractivity contribution is 0.102. The zero-order valence-corrected chi connectivity index (χ0v) is 15.5. The number of hydrogen-bond acceptors (Lipinski definition) is 5. The Labute approximate surface area is 161 Å². The first-order chi connectivity index (χ1) is 13.7. The Kier molecular flexibility index (Phi) is 5.01. The van der Waals surface area contributed by atoms with Crippen LogP contribution in [0, 0.1) is 5.82 Å². The van der Waals surface area contributed by atoms with Gasteiger partial charge in [0, 0.05) is 30.9 Å². The number of halogens is 1. The van der Waals surface area contributed by atoms with Gasteiger partial charge in [0.2, 0.25) is 5.88 Å². The molecule has 1 aliphatic heterocycles. The number of carbonyl (C=O) groups excluding carboxylic acids is 1. The van der Waals surface area contributed by atoms with Gasteiger partial charge in [0.25, 0.3) is 5.91 Å². The molecule has 0 atom stereocenters. The second kappa shape index (κ2) is 7.75. The highest BCUT2D eigenvalue weighted by Gasteiger charge is 2.19. The lowest BCUT2D eigenvalue weighted by Gasteiger charge is -2.10. The lowest BCUT2D eigenvalue weighted by atomic mass is 10.1. The number of fused-ring (bicyclic) bond motifs is 1. The molecule has 28 heavy (non-hydrogen) atoms. The highest BCUT2D eigenvalue weighted by atomic mass is 19.1. The molecule has 0 bridgehead atoms. The monoisotopic (exact) mass is 381 g/mol. The molecule has 0 aliphatic carbocycles. The van der Waals surface area contributed by atoms with E-state index in [-0.39, 0.29) is 5.91 Å². The first-order valence-electron chi connectivity index (χ1n) is 9.19. The van der Waals surface area contributed by atoms with Gasteiger partial charge in [-0.05, 0) is 37.1 Å². The molecule has 1 N–H and O–H groups in total. The Morgan fingerprint density at radius 1 is 1.18 bits per heavy atom. The maximum Gasteiger partial charge on any atom is 0.257 e. The summed E-state index contributed by atoms with van der Waals surface area (Å²) in [7, 11) is 1.51. The molecule has 0 spiro atoms. The molecule has 144 valence electrons. The van der Waals surface area contributed by atoms with E-state index in [1.54, 1.807) is 18.2 Å². The molecule has 0 unspecified atom stereocenters. The van der Waals surface area contributed by atoms with Crippen molar-refractivity contribution in [1.29, 1.82) is 0 Å². The zero-order valence-electron chi connectivity index (χ0n) is 15.5. The summed E-state index contributed by atoms with van der Waals surface area (Å²) < 4.78 is 21.5. The normalized spacial score (nSPS) is 13.5. The molecule has 1 aliphatic rings. The molecule has 0 radical (unpaired) electrons. The largest absolute Gasteiger partial charge is 0.481 e. The van der Waals surface area contributed by atoms with Crippen LogP contribution >= 0.6 is 0 Å². The third kappa shape index (κ3) is 3.58. The third-order valence-electron chi connectivity index (χ3n) is 4.78. The van der Waals surface area contributed by atoms with Crippen molar-refractivity contribution in [3.8, 4) is 17.3 Å². The summed E-state index contributed by atoms with van der Waals surface area (Å²) in [5.74, 6) is 1.06. The van der Waals surface area contributed by atoms with Gasteiger partial charge in [-0.15, -0.1) is 10.2 Å². The van der Waals surface area contributed by atoms with Crippen LogP contribution in [-0.4, -0.2) is 32.8 Å². The van der Waals surface area contributed by atoms with E-state index in [1.807, 2.05) is 4.57 Å². The van der Waals surface area contributed by atoms with Gasteiger partial charge in [-0.2, -0.15) is 0 Å². The fourth-order valence-corrected chi connectivity index (χ4v) is 3.30. The molecule has 1 amide bonds. The van der Waals surface area contributed by atoms with E-state index in [1.165, 1.54) is 25.4 Å². The standard InChI is InChI=1S/C20H20FN5O2/c1-28-18-9-6-13(12-22-18)20(27)23-14-7-8-16(21)15(11-14)19-25-24-17-5-3-2-4-10-26(17)19/h6-9,11-12H,2-5,10H2,1H3,(H,23,27). The number of pyridine rings is 1. The summed E-state index contributed by atoms with van der Waals surface area (Å²) in [5, 5.41) is 11.2. The Hall–Kier alpha value is -3.29. The Balaban J connectivity index is 1.61. The first-order valence-corrected chi connectivity index (χ1v) is 9.19. The molecule has 0 saturated carbocycles. The molecule has 7 nitrogen and oxygen atoms in total. The minimum absolute atomic E-state index is 0.325. The number of aromatic nitrogens is 4. The summed E-state index contributed by atoms with van der Waals surface area (Å²) in [4.78, 5) is 16.5. The van der Waals surface area contributed by atoms with Crippen molar-refractivity contribution in [2.45, 2.75) is 32.2 Å². The van der Waals surface area contributed by atoms with E-state index in [4.69, 9.17) is 4.74 Å². The molecule has 4 rings (SSSR count). The van der Waals surface area contributed by atoms with Crippen LogP contribution in [0.3, 0.4) is 0 Å². The minimum atomic E-state index is -0.399. The number of carbonyl (C=O) groups is 1. The molecule has 3 aromatic rings. The second-order valence-corrected chi connectivity index (χ2v) is 6.64. The molecule has 2 aromatic heterocycles. The van der Waals surface area contributed by atoms with Gasteiger partial charge in [-0.1, -0.05) is 6.42 Å². The van der Waals surface area contributed by atoms with Gasteiger partial charge in [-0.25, -0.2) is 9.37 Å². The summed E-state index contributed by atoms with van der Waals surface area (Å²) in [6.07, 6.45) is 5.47. The second-order valence-electron chi connectivity index (χ2n) is 6.64. The molecule has 3 heterocycles. The van der Waals surface area contributed by atoms with Gasteiger partial charge in [0.05, 0.1) is 18.2 Å². The maximum atomic E-state index is 14.5. The summed E-state index contributed by atoms with van der Waals surface area (Å²) in [6, 6.07) is 7.66. The first kappa shape index (κ1) is 18.1. The van der Waals surface area contributed by atoms with E-state index in [0.29, 0.717) is 28.5 Å². The fourth-order valence-electron chi connectivity index (χ4n) is 3.30. The number of benzene rings is 1. The number of nitrogens with one attached hydrogen (secondary N) is 1. The summed E-state index contributed by atoms with van der Waals surface area (Å²) in [5.41, 5.74) is 1.18. The Morgan fingerprint density at radius 2 is 2.07 bits per heavy atom. The van der Waals surface area contributed by atoms with Gasteiger partial charge in [0.15, 0.2) is 5.82 Å². The van der Waals surface area contributed by atoms with Crippen molar-refractivity contribution in [1.82, 2.24) is 19.7 Å². The van der Waals surface area contributed by atoms with Crippen LogP contribution in [0.5, 0.6) is 5.88 Å². The number of aryl methyl sites for hydroxylation is 1. The van der Waals surface area contributed by atoms with Crippen molar-refractivity contribution >= 4 is 11.6 Å². The number of methoxy groups -OCH3 is 1. The fraction of sp³-hybridized carbons (Fsp3) is 0.300. The van der Waals surface area contributed by atoms with Crippen LogP contribution in [0.1, 0.15) is 35.4 Å². The molecule has 0 saturated heterocycles. The quantitative estimate of drug-likeness (QED) is 0.748. The van der Waals surface area contributed by atoms with Crippen LogP contribution in [0.25, 0.3) is 11.4 Å². The van der Waals surface area contributed by atoms with E-state index < -0.39 is 5.82 Å². The van der Waals surface area contributed by atoms with E-state index in [0.717, 1.165) is 38.1 Å². The maximum absolute atomic E-state index is 14.5. The number of amides is 1. The topological polar surface area (TPSA) is 81.9 Å². The van der Waals surface area contributed by atoms with Crippen LogP contribution in [0.4, 0.5) is 10.1 Å². The van der Waals surface area contributed by atoms with E-state index in [9.17, 15) is 9.18 Å². The van der Waals surface area contributed by atoms with Crippen molar-refractivity contribution in [2.24, 2.45) is 0 Å². The third-order valence-corrected chi connectivity index (χ3v) is 4.78. The SMILES string of the molecule is COc1ccc(C(=O)Nc2ccc(F)c(-c3nnc4n3CCCCC4)c2)cn1. The molecule has 8 heteroatoms. The molecular formula is C20H20FN5O2. The van der Waals surface area contributed by atoms with Crippen molar-refractivity contribution in [3.05, 3.63) is 53.7 Å². The Morgan fingerprint density at radius 3 is 2.86 bits per heavy atom. The van der Waals surface area contributed by atoms with E-state index in [2.05, 4.69) is 20.5 Å². The van der Waals surface area contributed by atoms with Gasteiger partial charge >= 0.3 is 0 Å². The molecule has 0 fully saturated rings. The minimum Gasteiger partial charge on any atom is -0.481 e. The number of anilines is 1. The van der Waals surface area contributed by atoms with Crippen molar-refractivity contribution in [2.75, 3.05) is 12.4 Å². The summed E-state index contributed by atoms with van der Waals surface area (Å²) in [6.45, 7) is 0.769. The zero-order chi connectivity index (χ0) is 19.5. The molecule has 1 aromatic carbocycles. The number of hydrogen-bond donors (Lipinski definition) is 1. The predicted molar refractivity (Wildman–Crippen MR) is 102 cm³/mol. The average molecular weight is 381 g/mol. The van der Waals surface area contributed by atoms with Crippen molar-refractivity contribution in [3.63, 3.8) is 0 Å². The van der Waals surface area contributed by atoms with E-state index >= 15 is 0 Å². The smallest absolute Gasteiger partial charge is 0.257 e. The number of rotatable bonds is 4. The predicted octanol–water partition coefficient (Wildman–Crippen LogP) is 3.47. The van der Waals surface area contributed by atoms with Crippen LogP contribution < -0.4 is 10.1 Å². The highest BCUT2D eigenvalue weighted by Crippen LogP contribution is 2.27. The highest BCUT2D eigenvalue weighted by molar-refractivity contribution is 6.04. The summed E-state index contributed by atoms with van der Waals surface area (Å²) >= 11 is 0. The van der Waals surface area contributed by atoms with Crippen molar-refractivity contribution < 1.29 is 13.9 Å². The Bertz CT molecular complexity index is 1000. The van der Waals surface area contributed by atoms with Gasteiger partial charge < -0.3 is 14.6 Å². The lowest BCUT2D eigenvalue weighted by Crippen LogP contribution is -2.12. The van der Waals surface area contributed by atoms with Crippen LogP contribution in [0.2, 0.25) is 0 Å². The van der Waals surface area contributed by atoms with Crippen LogP contribution in [0.15, 0.2) is 36.5 Å². The van der Waals surface area contributed by atoms with Gasteiger partial charge in [-0.3, -0.25) is 4.79 Å². The average Bonchev–Trinajstić information content (AvgIpc) is 2.97. The van der Waals surface area contributed by atoms with Crippen LogP contribution in [-0.2, 0) is 13.0 Å². The molecular weight excluding hydrogens is 361 g/mol. The number of nitrogens with zero attached hydrogens (tertiary/aromatic N) is 4. The number of ether oxygens (including phenoxy) is 1.